The minimum atomic E-state index is -0.460. The highest BCUT2D eigenvalue weighted by atomic mass is 127. The molecule has 0 fully saturated rings. The van der Waals surface area contributed by atoms with Crippen LogP contribution in [0.15, 0.2) is 77.4 Å². The highest BCUT2D eigenvalue weighted by Gasteiger charge is 2.24. The molecule has 150 valence electrons. The maximum absolute atomic E-state index is 12.2. The molecule has 0 spiro atoms. The van der Waals surface area contributed by atoms with Gasteiger partial charge in [-0.25, -0.2) is 9.79 Å². The van der Waals surface area contributed by atoms with Crippen molar-refractivity contribution in [2.45, 2.75) is 6.61 Å². The van der Waals surface area contributed by atoms with E-state index in [1.165, 1.54) is 0 Å². The van der Waals surface area contributed by atoms with Crippen LogP contribution in [0.4, 0.5) is 0 Å². The van der Waals surface area contributed by atoms with Gasteiger partial charge in [0.1, 0.15) is 12.4 Å². The smallest absolute Gasteiger partial charge is 0.363 e. The number of aliphatic imine (C=N–C) groups is 1. The average molecular weight is 642 g/mol. The standard InChI is InChI=1S/C23H14ClI2NO3/c24-17-9-5-4-8-16(17)13-29-21-18(25)10-14(11-19(21)26)12-20-23(28)30-22(27-20)15-6-2-1-3-7-15/h1-12H,13H2/b20-12-. The molecular weight excluding hydrogens is 628 g/mol. The van der Waals surface area contributed by atoms with Crippen LogP contribution in [-0.4, -0.2) is 11.9 Å². The van der Waals surface area contributed by atoms with Gasteiger partial charge < -0.3 is 9.47 Å². The molecule has 0 aliphatic carbocycles. The van der Waals surface area contributed by atoms with Crippen molar-refractivity contribution in [3.8, 4) is 5.75 Å². The van der Waals surface area contributed by atoms with E-state index in [0.29, 0.717) is 17.5 Å². The number of benzene rings is 3. The summed E-state index contributed by atoms with van der Waals surface area (Å²) in [5.41, 5.74) is 2.80. The zero-order valence-electron chi connectivity index (χ0n) is 15.4. The number of cyclic esters (lactones) is 1. The number of nitrogens with zero attached hydrogens (tertiary/aromatic N) is 1. The van der Waals surface area contributed by atoms with Gasteiger partial charge in [0.15, 0.2) is 5.70 Å². The highest BCUT2D eigenvalue weighted by molar-refractivity contribution is 14.1. The van der Waals surface area contributed by atoms with Crippen LogP contribution in [0.5, 0.6) is 5.75 Å². The van der Waals surface area contributed by atoms with Crippen molar-refractivity contribution in [3.05, 3.63) is 101 Å². The summed E-state index contributed by atoms with van der Waals surface area (Å²) in [7, 11) is 0. The summed E-state index contributed by atoms with van der Waals surface area (Å²) >= 11 is 10.7. The van der Waals surface area contributed by atoms with Crippen molar-refractivity contribution in [1.82, 2.24) is 0 Å². The molecule has 0 bridgehead atoms. The van der Waals surface area contributed by atoms with E-state index in [9.17, 15) is 4.79 Å². The van der Waals surface area contributed by atoms with Crippen LogP contribution in [-0.2, 0) is 16.1 Å². The first kappa shape index (κ1) is 21.3. The molecule has 30 heavy (non-hydrogen) atoms. The Hall–Kier alpha value is -1.91. The fourth-order valence-corrected chi connectivity index (χ4v) is 5.16. The van der Waals surface area contributed by atoms with Gasteiger partial charge in [-0.3, -0.25) is 0 Å². The predicted octanol–water partition coefficient (Wildman–Crippen LogP) is 6.47. The summed E-state index contributed by atoms with van der Waals surface area (Å²) in [6.07, 6.45) is 1.72. The Morgan fingerprint density at radius 2 is 1.67 bits per heavy atom. The number of rotatable bonds is 5. The second kappa shape index (κ2) is 9.49. The molecule has 0 amide bonds. The lowest BCUT2D eigenvalue weighted by molar-refractivity contribution is -0.129. The van der Waals surface area contributed by atoms with E-state index in [2.05, 4.69) is 50.2 Å². The van der Waals surface area contributed by atoms with Gasteiger partial charge in [-0.05, 0) is 87.2 Å². The monoisotopic (exact) mass is 641 g/mol. The lowest BCUT2D eigenvalue weighted by atomic mass is 10.2. The van der Waals surface area contributed by atoms with Crippen LogP contribution in [0, 0.1) is 7.14 Å². The van der Waals surface area contributed by atoms with Crippen molar-refractivity contribution in [2.24, 2.45) is 4.99 Å². The third-order valence-electron chi connectivity index (χ3n) is 4.30. The number of hydrogen-bond acceptors (Lipinski definition) is 4. The largest absolute Gasteiger partial charge is 0.487 e. The lowest BCUT2D eigenvalue weighted by Gasteiger charge is -2.12. The Morgan fingerprint density at radius 3 is 2.37 bits per heavy atom. The van der Waals surface area contributed by atoms with Gasteiger partial charge in [0.05, 0.1) is 7.14 Å². The van der Waals surface area contributed by atoms with Crippen molar-refractivity contribution in [2.75, 3.05) is 0 Å². The fourth-order valence-electron chi connectivity index (χ4n) is 2.84. The molecule has 1 heterocycles. The molecule has 0 unspecified atom stereocenters. The van der Waals surface area contributed by atoms with Crippen molar-refractivity contribution >= 4 is 74.7 Å². The number of carbonyl (C=O) groups excluding carboxylic acids is 1. The molecule has 3 aromatic carbocycles. The summed E-state index contributed by atoms with van der Waals surface area (Å²) in [5, 5.41) is 0.677. The van der Waals surface area contributed by atoms with Gasteiger partial charge in [-0.1, -0.05) is 48.0 Å². The van der Waals surface area contributed by atoms with Crippen LogP contribution in [0.3, 0.4) is 0 Å². The first-order valence-corrected chi connectivity index (χ1v) is 11.5. The van der Waals surface area contributed by atoms with E-state index in [1.807, 2.05) is 66.7 Å². The van der Waals surface area contributed by atoms with E-state index in [4.69, 9.17) is 21.1 Å². The molecule has 0 saturated heterocycles. The summed E-state index contributed by atoms with van der Waals surface area (Å²) in [6.45, 7) is 0.378. The van der Waals surface area contributed by atoms with Gasteiger partial charge in [0, 0.05) is 16.1 Å². The van der Waals surface area contributed by atoms with Crippen molar-refractivity contribution in [3.63, 3.8) is 0 Å². The molecule has 7 heteroatoms. The molecule has 3 aromatic rings. The molecule has 1 aliphatic heterocycles. The Bertz CT molecular complexity index is 1150. The zero-order valence-corrected chi connectivity index (χ0v) is 20.5. The zero-order chi connectivity index (χ0) is 21.1. The third kappa shape index (κ3) is 4.87. The van der Waals surface area contributed by atoms with E-state index in [1.54, 1.807) is 6.08 Å². The molecule has 0 saturated carbocycles. The van der Waals surface area contributed by atoms with Gasteiger partial charge in [-0.2, -0.15) is 0 Å². The number of carbonyl (C=O) groups is 1. The predicted molar refractivity (Wildman–Crippen MR) is 135 cm³/mol. The minimum Gasteiger partial charge on any atom is -0.487 e. The maximum Gasteiger partial charge on any atom is 0.363 e. The Labute approximate surface area is 206 Å². The third-order valence-corrected chi connectivity index (χ3v) is 6.27. The SMILES string of the molecule is O=C1OC(c2ccccc2)=N/C1=C\c1cc(I)c(OCc2ccccc2Cl)c(I)c1. The second-order valence-corrected chi connectivity index (χ2v) is 9.13. The number of ether oxygens (including phenoxy) is 2. The molecule has 0 atom stereocenters. The van der Waals surface area contributed by atoms with E-state index in [-0.39, 0.29) is 5.70 Å². The molecule has 0 aromatic heterocycles. The van der Waals surface area contributed by atoms with Gasteiger partial charge in [-0.15, -0.1) is 0 Å². The molecular formula is C23H14ClI2NO3. The van der Waals surface area contributed by atoms with Crippen LogP contribution >= 0.6 is 56.8 Å². The Kier molecular flexibility index (Phi) is 6.74. The van der Waals surface area contributed by atoms with Crippen LogP contribution in [0.25, 0.3) is 6.08 Å². The van der Waals surface area contributed by atoms with Crippen molar-refractivity contribution < 1.29 is 14.3 Å². The highest BCUT2D eigenvalue weighted by Crippen LogP contribution is 2.31. The number of halogens is 3. The fraction of sp³-hybridized carbons (Fsp3) is 0.0435. The summed E-state index contributed by atoms with van der Waals surface area (Å²) in [5.74, 6) is 0.634. The quantitative estimate of drug-likeness (QED) is 0.182. The van der Waals surface area contributed by atoms with E-state index >= 15 is 0 Å². The topological polar surface area (TPSA) is 47.9 Å². The lowest BCUT2D eigenvalue weighted by Crippen LogP contribution is -2.05. The van der Waals surface area contributed by atoms with E-state index in [0.717, 1.165) is 29.6 Å². The maximum atomic E-state index is 12.2. The van der Waals surface area contributed by atoms with Gasteiger partial charge in [0.25, 0.3) is 0 Å². The molecule has 0 radical (unpaired) electrons. The molecule has 4 nitrogen and oxygen atoms in total. The second-order valence-electron chi connectivity index (χ2n) is 6.40. The van der Waals surface area contributed by atoms with Crippen LogP contribution in [0.1, 0.15) is 16.7 Å². The summed E-state index contributed by atoms with van der Waals surface area (Å²) < 4.78 is 13.2. The number of esters is 1. The molecule has 0 N–H and O–H groups in total. The van der Waals surface area contributed by atoms with Gasteiger partial charge >= 0.3 is 5.97 Å². The number of hydrogen-bond donors (Lipinski definition) is 0. The normalized spacial score (nSPS) is 14.6. The summed E-state index contributed by atoms with van der Waals surface area (Å²) in [4.78, 5) is 16.6. The first-order valence-electron chi connectivity index (χ1n) is 8.94. The molecule has 4 rings (SSSR count). The van der Waals surface area contributed by atoms with Crippen molar-refractivity contribution in [1.29, 1.82) is 0 Å². The van der Waals surface area contributed by atoms with Crippen LogP contribution in [0.2, 0.25) is 5.02 Å². The Morgan fingerprint density at radius 1 is 1.00 bits per heavy atom. The minimum absolute atomic E-state index is 0.269. The first-order chi connectivity index (χ1) is 14.5. The Balaban J connectivity index is 1.56. The van der Waals surface area contributed by atoms with Gasteiger partial charge in [0.2, 0.25) is 5.90 Å². The summed E-state index contributed by atoms with van der Waals surface area (Å²) in [6, 6.07) is 20.9. The average Bonchev–Trinajstić information content (AvgIpc) is 3.09. The molecule has 1 aliphatic rings. The van der Waals surface area contributed by atoms with E-state index < -0.39 is 5.97 Å². The van der Waals surface area contributed by atoms with Crippen LogP contribution < -0.4 is 4.74 Å².